The van der Waals surface area contributed by atoms with Gasteiger partial charge in [-0.2, -0.15) is 4.98 Å². The molecule has 0 aliphatic rings. The Labute approximate surface area is 123 Å². The number of nitro benzene ring substituents is 1. The first-order valence-electron chi connectivity index (χ1n) is 5.87. The fourth-order valence-corrected chi connectivity index (χ4v) is 2.22. The molecule has 0 aliphatic carbocycles. The van der Waals surface area contributed by atoms with Gasteiger partial charge in [-0.1, -0.05) is 12.1 Å². The molecule has 0 fully saturated rings. The molecule has 104 valence electrons. The van der Waals surface area contributed by atoms with Crippen molar-refractivity contribution in [2.24, 2.45) is 0 Å². The maximum absolute atomic E-state index is 11.9. The lowest BCUT2D eigenvalue weighted by Gasteiger charge is -2.12. The summed E-state index contributed by atoms with van der Waals surface area (Å²) in [5.41, 5.74) is 1.70. The average molecular weight is 338 g/mol. The number of non-ortho nitro benzene ring substituents is 1. The highest BCUT2D eigenvalue weighted by Crippen LogP contribution is 2.19. The van der Waals surface area contributed by atoms with Crippen LogP contribution in [-0.2, 0) is 6.54 Å². The highest BCUT2D eigenvalue weighted by Gasteiger charge is 2.11. The number of rotatable bonds is 3. The van der Waals surface area contributed by atoms with Gasteiger partial charge in [0.05, 0.1) is 21.6 Å². The van der Waals surface area contributed by atoms with E-state index in [1.807, 2.05) is 0 Å². The van der Waals surface area contributed by atoms with E-state index < -0.39 is 4.92 Å². The van der Waals surface area contributed by atoms with E-state index in [9.17, 15) is 14.9 Å². The summed E-state index contributed by atoms with van der Waals surface area (Å²) in [5, 5.41) is 10.8. The highest BCUT2D eigenvalue weighted by atomic mass is 79.9. The van der Waals surface area contributed by atoms with Gasteiger partial charge in [-0.25, -0.2) is 4.79 Å². The molecule has 0 spiro atoms. The third-order valence-corrected chi connectivity index (χ3v) is 4.14. The van der Waals surface area contributed by atoms with Crippen molar-refractivity contribution in [3.63, 3.8) is 0 Å². The molecule has 0 unspecified atom stereocenters. The summed E-state index contributed by atoms with van der Waals surface area (Å²) in [6, 6.07) is 6.22. The van der Waals surface area contributed by atoms with Crippen molar-refractivity contribution in [3.8, 4) is 0 Å². The Kier molecular flexibility index (Phi) is 3.99. The van der Waals surface area contributed by atoms with Gasteiger partial charge in [-0.05, 0) is 35.3 Å². The van der Waals surface area contributed by atoms with Crippen LogP contribution in [0.3, 0.4) is 0 Å². The van der Waals surface area contributed by atoms with Gasteiger partial charge in [0, 0.05) is 17.8 Å². The third kappa shape index (κ3) is 2.77. The van der Waals surface area contributed by atoms with Crippen molar-refractivity contribution in [1.29, 1.82) is 0 Å². The maximum atomic E-state index is 11.9. The Balaban J connectivity index is 2.45. The number of halogens is 1. The van der Waals surface area contributed by atoms with E-state index in [2.05, 4.69) is 20.9 Å². The molecule has 0 atom stereocenters. The molecular formula is C13H12BrN3O3. The SMILES string of the molecule is Cc1nc(=O)n(Cc2cccc([N+](=O)[O-])c2)c(C)c1Br. The first kappa shape index (κ1) is 14.4. The van der Waals surface area contributed by atoms with Gasteiger partial charge in [-0.15, -0.1) is 0 Å². The Bertz CT molecular complexity index is 740. The number of nitrogens with zero attached hydrogens (tertiary/aromatic N) is 3. The zero-order valence-corrected chi connectivity index (χ0v) is 12.5. The molecule has 0 bridgehead atoms. The molecule has 0 N–H and O–H groups in total. The minimum Gasteiger partial charge on any atom is -0.291 e. The quantitative estimate of drug-likeness (QED) is 0.637. The van der Waals surface area contributed by atoms with E-state index >= 15 is 0 Å². The molecule has 6 nitrogen and oxygen atoms in total. The minimum atomic E-state index is -0.456. The van der Waals surface area contributed by atoms with E-state index in [1.165, 1.54) is 16.7 Å². The van der Waals surface area contributed by atoms with Gasteiger partial charge >= 0.3 is 5.69 Å². The first-order chi connectivity index (χ1) is 9.40. The maximum Gasteiger partial charge on any atom is 0.348 e. The molecule has 1 aromatic carbocycles. The number of aryl methyl sites for hydroxylation is 1. The van der Waals surface area contributed by atoms with Crippen LogP contribution in [0.5, 0.6) is 0 Å². The molecule has 1 aromatic heterocycles. The molecular weight excluding hydrogens is 326 g/mol. The van der Waals surface area contributed by atoms with E-state index in [1.54, 1.807) is 26.0 Å². The molecule has 2 rings (SSSR count). The number of benzene rings is 1. The normalized spacial score (nSPS) is 10.6. The summed E-state index contributed by atoms with van der Waals surface area (Å²) in [7, 11) is 0. The van der Waals surface area contributed by atoms with E-state index in [0.717, 1.165) is 10.2 Å². The Hall–Kier alpha value is -2.02. The van der Waals surface area contributed by atoms with Crippen LogP contribution < -0.4 is 5.69 Å². The molecule has 7 heteroatoms. The van der Waals surface area contributed by atoms with E-state index in [4.69, 9.17) is 0 Å². The highest BCUT2D eigenvalue weighted by molar-refractivity contribution is 9.10. The van der Waals surface area contributed by atoms with E-state index in [0.29, 0.717) is 11.3 Å². The second-order valence-corrected chi connectivity index (χ2v) is 5.19. The van der Waals surface area contributed by atoms with Gasteiger partial charge in [0.25, 0.3) is 5.69 Å². The largest absolute Gasteiger partial charge is 0.348 e. The molecule has 2 aromatic rings. The van der Waals surface area contributed by atoms with Crippen molar-refractivity contribution in [3.05, 3.63) is 66.3 Å². The zero-order chi connectivity index (χ0) is 14.9. The van der Waals surface area contributed by atoms with Crippen LogP contribution in [0.15, 0.2) is 33.5 Å². The van der Waals surface area contributed by atoms with Crippen LogP contribution in [0.4, 0.5) is 5.69 Å². The lowest BCUT2D eigenvalue weighted by Crippen LogP contribution is -2.26. The van der Waals surface area contributed by atoms with Gasteiger partial charge in [0.1, 0.15) is 0 Å². The van der Waals surface area contributed by atoms with E-state index in [-0.39, 0.29) is 17.9 Å². The third-order valence-electron chi connectivity index (χ3n) is 3.00. The summed E-state index contributed by atoms with van der Waals surface area (Å²) in [6.45, 7) is 3.80. The summed E-state index contributed by atoms with van der Waals surface area (Å²) in [4.78, 5) is 26.1. The Morgan fingerprint density at radius 3 is 2.75 bits per heavy atom. The van der Waals surface area contributed by atoms with Crippen LogP contribution in [0.2, 0.25) is 0 Å². The van der Waals surface area contributed by atoms with Crippen LogP contribution in [-0.4, -0.2) is 14.5 Å². The molecule has 0 saturated carbocycles. The van der Waals surface area contributed by atoms with Crippen LogP contribution in [0.1, 0.15) is 17.0 Å². The number of hydrogen-bond acceptors (Lipinski definition) is 4. The number of hydrogen-bond donors (Lipinski definition) is 0. The molecule has 0 aliphatic heterocycles. The summed E-state index contributed by atoms with van der Waals surface area (Å²) < 4.78 is 2.25. The lowest BCUT2D eigenvalue weighted by molar-refractivity contribution is -0.384. The minimum absolute atomic E-state index is 0.00679. The second-order valence-electron chi connectivity index (χ2n) is 4.39. The number of aromatic nitrogens is 2. The number of nitro groups is 1. The van der Waals surface area contributed by atoms with Crippen molar-refractivity contribution in [2.75, 3.05) is 0 Å². The van der Waals surface area contributed by atoms with Gasteiger partial charge in [-0.3, -0.25) is 14.7 Å². The summed E-state index contributed by atoms with van der Waals surface area (Å²) in [5.74, 6) is 0. The predicted octanol–water partition coefficient (Wildman–Crippen LogP) is 2.58. The van der Waals surface area contributed by atoms with Gasteiger partial charge in [0.2, 0.25) is 0 Å². The topological polar surface area (TPSA) is 78.0 Å². The van der Waals surface area contributed by atoms with Crippen LogP contribution in [0.25, 0.3) is 0 Å². The van der Waals surface area contributed by atoms with Crippen molar-refractivity contribution in [1.82, 2.24) is 9.55 Å². The van der Waals surface area contributed by atoms with Crippen LogP contribution in [0, 0.1) is 24.0 Å². The molecule has 20 heavy (non-hydrogen) atoms. The Morgan fingerprint density at radius 1 is 1.40 bits per heavy atom. The summed E-state index contributed by atoms with van der Waals surface area (Å²) in [6.07, 6.45) is 0. The predicted molar refractivity (Wildman–Crippen MR) is 77.9 cm³/mol. The first-order valence-corrected chi connectivity index (χ1v) is 6.66. The fourth-order valence-electron chi connectivity index (χ4n) is 1.91. The molecule has 0 saturated heterocycles. The van der Waals surface area contributed by atoms with Crippen LogP contribution >= 0.6 is 15.9 Å². The molecule has 0 radical (unpaired) electrons. The lowest BCUT2D eigenvalue weighted by atomic mass is 10.2. The van der Waals surface area contributed by atoms with Crippen molar-refractivity contribution < 1.29 is 4.92 Å². The fraction of sp³-hybridized carbons (Fsp3) is 0.231. The van der Waals surface area contributed by atoms with Gasteiger partial charge in [0.15, 0.2) is 0 Å². The smallest absolute Gasteiger partial charge is 0.291 e. The second kappa shape index (κ2) is 5.54. The summed E-state index contributed by atoms with van der Waals surface area (Å²) >= 11 is 3.38. The standard InChI is InChI=1S/C13H12BrN3O3/c1-8-12(14)9(2)16(13(18)15-8)7-10-4-3-5-11(6-10)17(19)20/h3-6H,7H2,1-2H3. The molecule has 1 heterocycles. The van der Waals surface area contributed by atoms with Crippen molar-refractivity contribution >= 4 is 21.6 Å². The van der Waals surface area contributed by atoms with Crippen molar-refractivity contribution in [2.45, 2.75) is 20.4 Å². The zero-order valence-electron chi connectivity index (χ0n) is 11.0. The average Bonchev–Trinajstić information content (AvgIpc) is 2.41. The Morgan fingerprint density at radius 2 is 2.10 bits per heavy atom. The molecule has 0 amide bonds. The monoisotopic (exact) mass is 337 g/mol. The van der Waals surface area contributed by atoms with Gasteiger partial charge < -0.3 is 0 Å².